The lowest BCUT2D eigenvalue weighted by atomic mass is 10.2. The predicted molar refractivity (Wildman–Crippen MR) is 82.6 cm³/mol. The van der Waals surface area contributed by atoms with Gasteiger partial charge in [-0.15, -0.1) is 0 Å². The third-order valence-electron chi connectivity index (χ3n) is 3.29. The Morgan fingerprint density at radius 2 is 1.96 bits per heavy atom. The quantitative estimate of drug-likeness (QED) is 0.942. The molecule has 0 aliphatic carbocycles. The average Bonchev–Trinajstić information content (AvgIpc) is 2.54. The highest BCUT2D eigenvalue weighted by atomic mass is 19.1. The first kappa shape index (κ1) is 15.1. The minimum atomic E-state index is -0.773. The molecule has 0 bridgehead atoms. The van der Waals surface area contributed by atoms with E-state index in [2.05, 4.69) is 5.32 Å². The van der Waals surface area contributed by atoms with Crippen molar-refractivity contribution in [1.82, 2.24) is 0 Å². The first-order valence-electron chi connectivity index (χ1n) is 7.24. The second kappa shape index (κ2) is 6.56. The molecule has 3 rings (SSSR count). The number of carbonyl (C=O) groups is 1. The number of hydrogen-bond donors (Lipinski definition) is 1. The van der Waals surface area contributed by atoms with E-state index < -0.39 is 11.9 Å². The molecule has 2 aromatic rings. The van der Waals surface area contributed by atoms with Gasteiger partial charge < -0.3 is 19.5 Å². The smallest absolute Gasteiger partial charge is 0.265 e. The van der Waals surface area contributed by atoms with Crippen molar-refractivity contribution in [3.05, 3.63) is 48.3 Å². The van der Waals surface area contributed by atoms with Crippen LogP contribution in [-0.2, 0) is 4.79 Å². The van der Waals surface area contributed by atoms with E-state index >= 15 is 0 Å². The molecule has 120 valence electrons. The van der Waals surface area contributed by atoms with Gasteiger partial charge in [0.1, 0.15) is 24.8 Å². The van der Waals surface area contributed by atoms with E-state index in [-0.39, 0.29) is 5.91 Å². The van der Waals surface area contributed by atoms with Gasteiger partial charge in [0.2, 0.25) is 0 Å². The van der Waals surface area contributed by atoms with Crippen LogP contribution in [0, 0.1) is 5.82 Å². The topological polar surface area (TPSA) is 56.8 Å². The number of amides is 1. The summed E-state index contributed by atoms with van der Waals surface area (Å²) >= 11 is 0. The molecule has 1 atom stereocenters. The fourth-order valence-electron chi connectivity index (χ4n) is 2.16. The SMILES string of the molecule is CC(Oc1cccc(F)c1)C(=O)Nc1ccc2c(c1)OCCO2. The maximum absolute atomic E-state index is 13.1. The first-order valence-corrected chi connectivity index (χ1v) is 7.24. The zero-order valence-corrected chi connectivity index (χ0v) is 12.5. The normalized spacial score (nSPS) is 14.0. The van der Waals surface area contributed by atoms with Gasteiger partial charge in [0, 0.05) is 17.8 Å². The number of benzene rings is 2. The van der Waals surface area contributed by atoms with E-state index in [1.165, 1.54) is 18.2 Å². The average molecular weight is 317 g/mol. The van der Waals surface area contributed by atoms with Crippen LogP contribution in [0.2, 0.25) is 0 Å². The first-order chi connectivity index (χ1) is 11.1. The highest BCUT2D eigenvalue weighted by Gasteiger charge is 2.17. The molecule has 1 amide bonds. The number of fused-ring (bicyclic) bond motifs is 1. The van der Waals surface area contributed by atoms with Crippen LogP contribution in [0.3, 0.4) is 0 Å². The summed E-state index contributed by atoms with van der Waals surface area (Å²) < 4.78 is 29.4. The summed E-state index contributed by atoms with van der Waals surface area (Å²) in [5.74, 6) is 0.786. The number of carbonyl (C=O) groups excluding carboxylic acids is 1. The molecule has 0 fully saturated rings. The molecule has 0 saturated heterocycles. The number of hydrogen-bond acceptors (Lipinski definition) is 4. The van der Waals surface area contributed by atoms with Gasteiger partial charge in [0.15, 0.2) is 17.6 Å². The van der Waals surface area contributed by atoms with Gasteiger partial charge in [-0.05, 0) is 31.2 Å². The van der Waals surface area contributed by atoms with Crippen molar-refractivity contribution in [3.8, 4) is 17.2 Å². The van der Waals surface area contributed by atoms with Crippen LogP contribution < -0.4 is 19.5 Å². The van der Waals surface area contributed by atoms with Gasteiger partial charge >= 0.3 is 0 Å². The van der Waals surface area contributed by atoms with Crippen LogP contribution >= 0.6 is 0 Å². The molecule has 2 aromatic carbocycles. The monoisotopic (exact) mass is 317 g/mol. The van der Waals surface area contributed by atoms with E-state index in [4.69, 9.17) is 14.2 Å². The Morgan fingerprint density at radius 3 is 2.74 bits per heavy atom. The molecule has 1 N–H and O–H groups in total. The van der Waals surface area contributed by atoms with Crippen molar-refractivity contribution in [2.24, 2.45) is 0 Å². The van der Waals surface area contributed by atoms with Crippen LogP contribution in [0.15, 0.2) is 42.5 Å². The molecule has 5 nitrogen and oxygen atoms in total. The second-order valence-electron chi connectivity index (χ2n) is 5.07. The van der Waals surface area contributed by atoms with Crippen LogP contribution in [0.25, 0.3) is 0 Å². The molecule has 0 spiro atoms. The number of nitrogens with one attached hydrogen (secondary N) is 1. The maximum Gasteiger partial charge on any atom is 0.265 e. The summed E-state index contributed by atoms with van der Waals surface area (Å²) in [6.45, 7) is 2.58. The predicted octanol–water partition coefficient (Wildman–Crippen LogP) is 3.00. The largest absolute Gasteiger partial charge is 0.486 e. The molecular weight excluding hydrogens is 301 g/mol. The lowest BCUT2D eigenvalue weighted by Crippen LogP contribution is -2.30. The minimum absolute atomic E-state index is 0.301. The fraction of sp³-hybridized carbons (Fsp3) is 0.235. The summed E-state index contributed by atoms with van der Waals surface area (Å²) in [4.78, 5) is 12.2. The van der Waals surface area contributed by atoms with Crippen molar-refractivity contribution < 1.29 is 23.4 Å². The van der Waals surface area contributed by atoms with Crippen LogP contribution in [0.5, 0.6) is 17.2 Å². The van der Waals surface area contributed by atoms with Crippen molar-refractivity contribution in [2.75, 3.05) is 18.5 Å². The molecule has 1 aliphatic rings. The molecular formula is C17H16FNO4. The number of rotatable bonds is 4. The zero-order chi connectivity index (χ0) is 16.2. The Bertz CT molecular complexity index is 719. The summed E-state index contributed by atoms with van der Waals surface area (Å²) in [6, 6.07) is 10.8. The summed E-state index contributed by atoms with van der Waals surface area (Å²) in [5.41, 5.74) is 0.578. The lowest BCUT2D eigenvalue weighted by molar-refractivity contribution is -0.122. The Kier molecular flexibility index (Phi) is 4.32. The van der Waals surface area contributed by atoms with Gasteiger partial charge in [-0.1, -0.05) is 6.07 Å². The van der Waals surface area contributed by atoms with E-state index in [1.54, 1.807) is 31.2 Å². The second-order valence-corrected chi connectivity index (χ2v) is 5.07. The number of anilines is 1. The van der Waals surface area contributed by atoms with Crippen LogP contribution in [-0.4, -0.2) is 25.2 Å². The molecule has 6 heteroatoms. The standard InChI is InChI=1S/C17H16FNO4/c1-11(23-14-4-2-3-12(18)9-14)17(20)19-13-5-6-15-16(10-13)22-8-7-21-15/h2-6,9-11H,7-8H2,1H3,(H,19,20). The Hall–Kier alpha value is -2.76. The Labute approximate surface area is 133 Å². The van der Waals surface area contributed by atoms with Gasteiger partial charge in [-0.25, -0.2) is 4.39 Å². The molecule has 23 heavy (non-hydrogen) atoms. The minimum Gasteiger partial charge on any atom is -0.486 e. The Morgan fingerprint density at radius 1 is 1.17 bits per heavy atom. The zero-order valence-electron chi connectivity index (χ0n) is 12.5. The van der Waals surface area contributed by atoms with E-state index in [0.717, 1.165) is 0 Å². The summed E-state index contributed by atoms with van der Waals surface area (Å²) in [7, 11) is 0. The highest BCUT2D eigenvalue weighted by Crippen LogP contribution is 2.32. The van der Waals surface area contributed by atoms with Crippen molar-refractivity contribution >= 4 is 11.6 Å². The number of halogens is 1. The van der Waals surface area contributed by atoms with Gasteiger partial charge in [0.25, 0.3) is 5.91 Å². The molecule has 0 radical (unpaired) electrons. The molecule has 1 heterocycles. The summed E-state index contributed by atoms with van der Waals surface area (Å²) in [5, 5.41) is 2.73. The maximum atomic E-state index is 13.1. The fourth-order valence-corrected chi connectivity index (χ4v) is 2.16. The van der Waals surface area contributed by atoms with E-state index in [1.807, 2.05) is 0 Å². The molecule has 0 saturated carbocycles. The van der Waals surface area contributed by atoms with Crippen LogP contribution in [0.1, 0.15) is 6.92 Å². The van der Waals surface area contributed by atoms with E-state index in [0.29, 0.717) is 36.1 Å². The highest BCUT2D eigenvalue weighted by molar-refractivity contribution is 5.94. The third kappa shape index (κ3) is 3.71. The van der Waals surface area contributed by atoms with E-state index in [9.17, 15) is 9.18 Å². The van der Waals surface area contributed by atoms with Crippen molar-refractivity contribution in [2.45, 2.75) is 13.0 Å². The van der Waals surface area contributed by atoms with Gasteiger partial charge in [-0.2, -0.15) is 0 Å². The van der Waals surface area contributed by atoms with Gasteiger partial charge in [-0.3, -0.25) is 4.79 Å². The van der Waals surface area contributed by atoms with Gasteiger partial charge in [0.05, 0.1) is 0 Å². The molecule has 0 aromatic heterocycles. The Balaban J connectivity index is 1.64. The molecule has 1 aliphatic heterocycles. The molecule has 1 unspecified atom stereocenters. The summed E-state index contributed by atoms with van der Waals surface area (Å²) in [6.07, 6.45) is -0.773. The van der Waals surface area contributed by atoms with Crippen LogP contribution in [0.4, 0.5) is 10.1 Å². The third-order valence-corrected chi connectivity index (χ3v) is 3.29. The van der Waals surface area contributed by atoms with Crippen molar-refractivity contribution in [3.63, 3.8) is 0 Å². The van der Waals surface area contributed by atoms with Crippen molar-refractivity contribution in [1.29, 1.82) is 0 Å². The lowest BCUT2D eigenvalue weighted by Gasteiger charge is -2.19. The number of ether oxygens (including phenoxy) is 3.